The predicted molar refractivity (Wildman–Crippen MR) is 100 cm³/mol. The Morgan fingerprint density at radius 2 is 1.80 bits per heavy atom. The first-order chi connectivity index (χ1) is 12.2. The fraction of sp³-hybridized carbons (Fsp3) is 0.526. The lowest BCUT2D eigenvalue weighted by Gasteiger charge is -2.32. The van der Waals surface area contributed by atoms with Crippen LogP contribution in [0.25, 0.3) is 0 Å². The van der Waals surface area contributed by atoms with E-state index in [4.69, 9.17) is 27.6 Å². The maximum Gasteiger partial charge on any atom is 0.197 e. The first-order valence-electron chi connectivity index (χ1n) is 9.01. The molecule has 2 aromatic rings. The van der Waals surface area contributed by atoms with Crippen LogP contribution in [-0.4, -0.2) is 29.0 Å². The largest absolute Gasteiger partial charge is 0.444 e. The summed E-state index contributed by atoms with van der Waals surface area (Å²) >= 11 is 12.2. The SMILES string of the molecule is Clc1cc(Cl)cc(CN2CCC(NCc3cnc(C4CC4)o3)CC2)c1. The first-order valence-corrected chi connectivity index (χ1v) is 9.76. The van der Waals surface area contributed by atoms with Gasteiger partial charge < -0.3 is 9.73 Å². The fourth-order valence-electron chi connectivity index (χ4n) is 3.42. The van der Waals surface area contributed by atoms with E-state index in [1.165, 1.54) is 18.4 Å². The topological polar surface area (TPSA) is 41.3 Å². The highest BCUT2D eigenvalue weighted by atomic mass is 35.5. The second-order valence-corrected chi connectivity index (χ2v) is 8.02. The fourth-order valence-corrected chi connectivity index (χ4v) is 4.00. The highest BCUT2D eigenvalue weighted by molar-refractivity contribution is 6.34. The molecule has 2 fully saturated rings. The third-order valence-corrected chi connectivity index (χ3v) is 5.42. The smallest absolute Gasteiger partial charge is 0.197 e. The molecule has 2 heterocycles. The molecule has 4 nitrogen and oxygen atoms in total. The molecule has 1 aliphatic heterocycles. The van der Waals surface area contributed by atoms with Gasteiger partial charge in [0.2, 0.25) is 0 Å². The summed E-state index contributed by atoms with van der Waals surface area (Å²) in [6.45, 7) is 3.82. The number of likely N-dealkylation sites (tertiary alicyclic amines) is 1. The van der Waals surface area contributed by atoms with Crippen molar-refractivity contribution >= 4 is 23.2 Å². The van der Waals surface area contributed by atoms with Gasteiger partial charge in [0.05, 0.1) is 12.7 Å². The monoisotopic (exact) mass is 379 g/mol. The molecule has 1 aromatic carbocycles. The molecular weight excluding hydrogens is 357 g/mol. The lowest BCUT2D eigenvalue weighted by atomic mass is 10.0. The molecule has 134 valence electrons. The van der Waals surface area contributed by atoms with Gasteiger partial charge in [-0.2, -0.15) is 0 Å². The molecular formula is C19H23Cl2N3O. The summed E-state index contributed by atoms with van der Waals surface area (Å²) in [5, 5.41) is 5.02. The zero-order valence-corrected chi connectivity index (χ0v) is 15.7. The van der Waals surface area contributed by atoms with Gasteiger partial charge >= 0.3 is 0 Å². The number of hydrogen-bond donors (Lipinski definition) is 1. The quantitative estimate of drug-likeness (QED) is 0.795. The molecule has 1 saturated heterocycles. The molecule has 1 saturated carbocycles. The van der Waals surface area contributed by atoms with Crippen LogP contribution in [0.5, 0.6) is 0 Å². The summed E-state index contributed by atoms with van der Waals surface area (Å²) in [6.07, 6.45) is 6.60. The van der Waals surface area contributed by atoms with E-state index in [0.29, 0.717) is 22.0 Å². The van der Waals surface area contributed by atoms with Crippen molar-refractivity contribution in [3.05, 3.63) is 51.7 Å². The third-order valence-electron chi connectivity index (χ3n) is 4.98. The number of aromatic nitrogens is 1. The third kappa shape index (κ3) is 4.76. The standard InChI is InChI=1S/C19H23Cl2N3O/c20-15-7-13(8-16(21)9-15)12-24-5-3-17(4-6-24)22-10-18-11-23-19(25-18)14-1-2-14/h7-9,11,14,17,22H,1-6,10,12H2. The van der Waals surface area contributed by atoms with Crippen LogP contribution >= 0.6 is 23.2 Å². The van der Waals surface area contributed by atoms with Gasteiger partial charge in [-0.05, 0) is 62.5 Å². The van der Waals surface area contributed by atoms with E-state index in [1.807, 2.05) is 18.3 Å². The highest BCUT2D eigenvalue weighted by Gasteiger charge is 2.28. The van der Waals surface area contributed by atoms with Gasteiger partial charge in [-0.3, -0.25) is 4.90 Å². The van der Waals surface area contributed by atoms with Crippen molar-refractivity contribution in [1.82, 2.24) is 15.2 Å². The Kier molecular flexibility index (Phi) is 5.32. The minimum Gasteiger partial charge on any atom is -0.444 e. The maximum absolute atomic E-state index is 6.09. The number of piperidine rings is 1. The molecule has 6 heteroatoms. The molecule has 0 amide bonds. The lowest BCUT2D eigenvalue weighted by Crippen LogP contribution is -2.41. The Bertz CT molecular complexity index is 701. The Balaban J connectivity index is 1.22. The number of rotatable bonds is 6. The summed E-state index contributed by atoms with van der Waals surface area (Å²) < 4.78 is 5.81. The number of oxazole rings is 1. The maximum atomic E-state index is 6.09. The average molecular weight is 380 g/mol. The van der Waals surface area contributed by atoms with Crippen LogP contribution in [0.4, 0.5) is 0 Å². The van der Waals surface area contributed by atoms with Gasteiger partial charge in [-0.25, -0.2) is 4.98 Å². The van der Waals surface area contributed by atoms with E-state index in [0.717, 1.165) is 50.7 Å². The summed E-state index contributed by atoms with van der Waals surface area (Å²) in [5.74, 6) is 2.46. The van der Waals surface area contributed by atoms with Crippen molar-refractivity contribution in [3.8, 4) is 0 Å². The predicted octanol–water partition coefficient (Wildman–Crippen LogP) is 4.61. The van der Waals surface area contributed by atoms with Crippen LogP contribution in [0.3, 0.4) is 0 Å². The van der Waals surface area contributed by atoms with E-state index in [2.05, 4.69) is 15.2 Å². The second-order valence-electron chi connectivity index (χ2n) is 7.15. The van der Waals surface area contributed by atoms with Crippen molar-refractivity contribution in [3.63, 3.8) is 0 Å². The van der Waals surface area contributed by atoms with Crippen molar-refractivity contribution in [1.29, 1.82) is 0 Å². The van der Waals surface area contributed by atoms with E-state index in [1.54, 1.807) is 6.07 Å². The normalized spacial score (nSPS) is 19.4. The van der Waals surface area contributed by atoms with E-state index in [-0.39, 0.29) is 0 Å². The summed E-state index contributed by atoms with van der Waals surface area (Å²) in [5.41, 5.74) is 1.18. The van der Waals surface area contributed by atoms with Crippen LogP contribution in [0.2, 0.25) is 10.0 Å². The van der Waals surface area contributed by atoms with Gasteiger partial charge in [0.1, 0.15) is 5.76 Å². The van der Waals surface area contributed by atoms with E-state index < -0.39 is 0 Å². The number of nitrogens with zero attached hydrogens (tertiary/aromatic N) is 2. The zero-order chi connectivity index (χ0) is 17.2. The van der Waals surface area contributed by atoms with Gasteiger partial charge in [0.25, 0.3) is 0 Å². The van der Waals surface area contributed by atoms with Crippen LogP contribution in [-0.2, 0) is 13.1 Å². The molecule has 1 aromatic heterocycles. The average Bonchev–Trinajstić information content (AvgIpc) is 3.32. The zero-order valence-electron chi connectivity index (χ0n) is 14.2. The first kappa shape index (κ1) is 17.3. The molecule has 1 N–H and O–H groups in total. The molecule has 25 heavy (non-hydrogen) atoms. The van der Waals surface area contributed by atoms with E-state index >= 15 is 0 Å². The van der Waals surface area contributed by atoms with Gasteiger partial charge in [-0.15, -0.1) is 0 Å². The van der Waals surface area contributed by atoms with Gasteiger partial charge in [0, 0.05) is 28.5 Å². The minimum atomic E-state index is 0.536. The summed E-state index contributed by atoms with van der Waals surface area (Å²) in [6, 6.07) is 6.31. The molecule has 0 bridgehead atoms. The lowest BCUT2D eigenvalue weighted by molar-refractivity contribution is 0.188. The van der Waals surface area contributed by atoms with Crippen LogP contribution in [0.15, 0.2) is 28.8 Å². The second kappa shape index (κ2) is 7.67. The van der Waals surface area contributed by atoms with Crippen molar-refractivity contribution in [2.45, 2.75) is 50.7 Å². The van der Waals surface area contributed by atoms with E-state index in [9.17, 15) is 0 Å². The molecule has 0 radical (unpaired) electrons. The number of nitrogens with one attached hydrogen (secondary N) is 1. The summed E-state index contributed by atoms with van der Waals surface area (Å²) in [4.78, 5) is 6.84. The highest BCUT2D eigenvalue weighted by Crippen LogP contribution is 2.39. The Labute approximate surface area is 158 Å². The van der Waals surface area contributed by atoms with Crippen LogP contribution in [0, 0.1) is 0 Å². The molecule has 0 atom stereocenters. The Morgan fingerprint density at radius 3 is 2.48 bits per heavy atom. The minimum absolute atomic E-state index is 0.536. The number of benzene rings is 1. The molecule has 2 aliphatic rings. The van der Waals surface area contributed by atoms with Crippen LogP contribution < -0.4 is 5.32 Å². The van der Waals surface area contributed by atoms with Gasteiger partial charge in [-0.1, -0.05) is 23.2 Å². The van der Waals surface area contributed by atoms with Crippen molar-refractivity contribution in [2.24, 2.45) is 0 Å². The number of hydrogen-bond acceptors (Lipinski definition) is 4. The Hall–Kier alpha value is -1.07. The molecule has 0 spiro atoms. The van der Waals surface area contributed by atoms with Gasteiger partial charge in [0.15, 0.2) is 5.89 Å². The molecule has 0 unspecified atom stereocenters. The molecule has 1 aliphatic carbocycles. The van der Waals surface area contributed by atoms with Crippen molar-refractivity contribution < 1.29 is 4.42 Å². The van der Waals surface area contributed by atoms with Crippen molar-refractivity contribution in [2.75, 3.05) is 13.1 Å². The number of halogens is 2. The Morgan fingerprint density at radius 1 is 1.08 bits per heavy atom. The summed E-state index contributed by atoms with van der Waals surface area (Å²) in [7, 11) is 0. The molecule has 4 rings (SSSR count). The van der Waals surface area contributed by atoms with Crippen LogP contribution in [0.1, 0.15) is 48.8 Å².